The van der Waals surface area contributed by atoms with Gasteiger partial charge in [0.15, 0.2) is 0 Å². The van der Waals surface area contributed by atoms with Crippen LogP contribution in [0.25, 0.3) is 0 Å². The van der Waals surface area contributed by atoms with Gasteiger partial charge in [0.25, 0.3) is 5.91 Å². The van der Waals surface area contributed by atoms with Crippen molar-refractivity contribution in [2.75, 3.05) is 33.3 Å². The number of hydrogen-bond donors (Lipinski definition) is 0. The van der Waals surface area contributed by atoms with Gasteiger partial charge in [-0.15, -0.1) is 5.10 Å². The SMILES string of the molecule is COc1ccc([C@@H]2Cn3nnc(CN4CCN(C(=O)c5ccncc5)CC4)c3CO2)cc1. The Morgan fingerprint density at radius 1 is 1.09 bits per heavy atom. The molecule has 0 unspecified atom stereocenters. The van der Waals surface area contributed by atoms with Gasteiger partial charge in [0, 0.05) is 50.7 Å². The molecule has 1 fully saturated rings. The molecule has 2 aromatic heterocycles. The van der Waals surface area contributed by atoms with Crippen molar-refractivity contribution < 1.29 is 14.3 Å². The Morgan fingerprint density at radius 3 is 2.56 bits per heavy atom. The van der Waals surface area contributed by atoms with E-state index in [0.29, 0.717) is 38.3 Å². The molecule has 0 radical (unpaired) electrons. The second kappa shape index (κ2) is 9.05. The topological polar surface area (TPSA) is 85.6 Å². The molecule has 0 saturated carbocycles. The lowest BCUT2D eigenvalue weighted by molar-refractivity contribution is -0.00223. The molecule has 2 aliphatic rings. The Morgan fingerprint density at radius 2 is 1.84 bits per heavy atom. The molecule has 1 atom stereocenters. The minimum Gasteiger partial charge on any atom is -0.497 e. The summed E-state index contributed by atoms with van der Waals surface area (Å²) in [6.45, 7) is 4.84. The number of fused-ring (bicyclic) bond motifs is 1. The number of nitrogens with zero attached hydrogens (tertiary/aromatic N) is 6. The molecule has 1 saturated heterocycles. The predicted molar refractivity (Wildman–Crippen MR) is 116 cm³/mol. The summed E-state index contributed by atoms with van der Waals surface area (Å²) in [5, 5.41) is 8.81. The highest BCUT2D eigenvalue weighted by atomic mass is 16.5. The van der Waals surface area contributed by atoms with Crippen molar-refractivity contribution >= 4 is 5.91 Å². The van der Waals surface area contributed by atoms with E-state index in [9.17, 15) is 4.79 Å². The zero-order chi connectivity index (χ0) is 21.9. The van der Waals surface area contributed by atoms with Crippen molar-refractivity contribution in [1.29, 1.82) is 0 Å². The highest BCUT2D eigenvalue weighted by molar-refractivity contribution is 5.94. The maximum Gasteiger partial charge on any atom is 0.254 e. The number of carbonyl (C=O) groups is 1. The Bertz CT molecular complexity index is 1060. The number of amides is 1. The summed E-state index contributed by atoms with van der Waals surface area (Å²) in [7, 11) is 1.66. The normalized spacial score (nSPS) is 18.9. The fourth-order valence-corrected chi connectivity index (χ4v) is 4.20. The van der Waals surface area contributed by atoms with Crippen molar-refractivity contribution in [3.05, 3.63) is 71.3 Å². The molecule has 9 nitrogen and oxygen atoms in total. The highest BCUT2D eigenvalue weighted by Crippen LogP contribution is 2.28. The number of pyridine rings is 1. The second-order valence-corrected chi connectivity index (χ2v) is 8.04. The number of ether oxygens (including phenoxy) is 2. The Kier molecular flexibility index (Phi) is 5.83. The van der Waals surface area contributed by atoms with Crippen LogP contribution in [0.2, 0.25) is 0 Å². The molecule has 5 rings (SSSR count). The lowest BCUT2D eigenvalue weighted by atomic mass is 10.1. The third kappa shape index (κ3) is 4.21. The van der Waals surface area contributed by atoms with Crippen LogP contribution >= 0.6 is 0 Å². The van der Waals surface area contributed by atoms with Gasteiger partial charge in [-0.3, -0.25) is 14.7 Å². The van der Waals surface area contributed by atoms with Crippen LogP contribution in [0.15, 0.2) is 48.8 Å². The van der Waals surface area contributed by atoms with Gasteiger partial charge < -0.3 is 14.4 Å². The molecule has 32 heavy (non-hydrogen) atoms. The van der Waals surface area contributed by atoms with Gasteiger partial charge in [-0.1, -0.05) is 17.3 Å². The van der Waals surface area contributed by atoms with E-state index >= 15 is 0 Å². The minimum absolute atomic E-state index is 0.0503. The molecule has 0 spiro atoms. The second-order valence-electron chi connectivity index (χ2n) is 8.04. The fourth-order valence-electron chi connectivity index (χ4n) is 4.20. The summed E-state index contributed by atoms with van der Waals surface area (Å²) >= 11 is 0. The van der Waals surface area contributed by atoms with Crippen LogP contribution in [0, 0.1) is 0 Å². The van der Waals surface area contributed by atoms with Gasteiger partial charge in [-0.25, -0.2) is 4.68 Å². The van der Waals surface area contributed by atoms with Crippen LogP contribution < -0.4 is 4.74 Å². The van der Waals surface area contributed by atoms with Crippen LogP contribution in [0.1, 0.15) is 33.4 Å². The summed E-state index contributed by atoms with van der Waals surface area (Å²) < 4.78 is 13.3. The van der Waals surface area contributed by atoms with E-state index < -0.39 is 0 Å². The summed E-state index contributed by atoms with van der Waals surface area (Å²) in [5.41, 5.74) is 3.77. The monoisotopic (exact) mass is 434 g/mol. The van der Waals surface area contributed by atoms with E-state index in [1.807, 2.05) is 33.8 Å². The molecule has 0 N–H and O–H groups in total. The zero-order valence-corrected chi connectivity index (χ0v) is 18.1. The number of rotatable bonds is 5. The van der Waals surface area contributed by atoms with Crippen LogP contribution in [0.3, 0.4) is 0 Å². The van der Waals surface area contributed by atoms with E-state index in [1.165, 1.54) is 0 Å². The third-order valence-corrected chi connectivity index (χ3v) is 6.13. The lowest BCUT2D eigenvalue weighted by Gasteiger charge is -2.34. The highest BCUT2D eigenvalue weighted by Gasteiger charge is 2.27. The summed E-state index contributed by atoms with van der Waals surface area (Å²) in [6, 6.07) is 11.5. The van der Waals surface area contributed by atoms with E-state index in [0.717, 1.165) is 35.8 Å². The number of benzene rings is 1. The minimum atomic E-state index is -0.0503. The van der Waals surface area contributed by atoms with Crippen molar-refractivity contribution in [1.82, 2.24) is 29.8 Å². The van der Waals surface area contributed by atoms with Crippen molar-refractivity contribution in [3.8, 4) is 5.75 Å². The lowest BCUT2D eigenvalue weighted by Crippen LogP contribution is -2.48. The Balaban J connectivity index is 1.18. The number of piperazine rings is 1. The molecule has 0 bridgehead atoms. The predicted octanol–water partition coefficient (Wildman–Crippen LogP) is 1.91. The molecule has 4 heterocycles. The van der Waals surface area contributed by atoms with Gasteiger partial charge in [-0.2, -0.15) is 0 Å². The Labute approximate surface area is 186 Å². The average Bonchev–Trinajstić information content (AvgIpc) is 3.26. The van der Waals surface area contributed by atoms with Crippen molar-refractivity contribution in [3.63, 3.8) is 0 Å². The molecule has 1 aromatic carbocycles. The van der Waals surface area contributed by atoms with Crippen molar-refractivity contribution in [2.24, 2.45) is 0 Å². The number of methoxy groups -OCH3 is 1. The third-order valence-electron chi connectivity index (χ3n) is 6.13. The molecule has 9 heteroatoms. The standard InChI is InChI=1S/C23H26N6O3/c1-31-19-4-2-17(3-5-19)22-15-29-21(16-32-22)20(25-26-29)14-27-10-12-28(13-11-27)23(30)18-6-8-24-9-7-18/h2-9,22H,10-16H2,1H3/t22-/m0/s1. The van der Waals surface area contributed by atoms with Gasteiger partial charge in [0.05, 0.1) is 26.0 Å². The summed E-state index contributed by atoms with van der Waals surface area (Å²) in [4.78, 5) is 20.8. The van der Waals surface area contributed by atoms with Crippen LogP contribution in [-0.2, 0) is 24.4 Å². The summed E-state index contributed by atoms with van der Waals surface area (Å²) in [6.07, 6.45) is 3.25. The molecular formula is C23H26N6O3. The molecule has 3 aromatic rings. The largest absolute Gasteiger partial charge is 0.497 e. The first-order chi connectivity index (χ1) is 15.7. The van der Waals surface area contributed by atoms with Gasteiger partial charge >= 0.3 is 0 Å². The fraction of sp³-hybridized carbons (Fsp3) is 0.391. The molecule has 2 aliphatic heterocycles. The first-order valence-corrected chi connectivity index (χ1v) is 10.8. The smallest absolute Gasteiger partial charge is 0.254 e. The molecule has 0 aliphatic carbocycles. The van der Waals surface area contributed by atoms with Gasteiger partial charge in [0.1, 0.15) is 17.5 Å². The van der Waals surface area contributed by atoms with Gasteiger partial charge in [-0.05, 0) is 29.8 Å². The molecule has 166 valence electrons. The number of aromatic nitrogens is 4. The van der Waals surface area contributed by atoms with E-state index in [-0.39, 0.29) is 12.0 Å². The van der Waals surface area contributed by atoms with Crippen LogP contribution in [0.4, 0.5) is 0 Å². The molecule has 1 amide bonds. The van der Waals surface area contributed by atoms with Crippen LogP contribution in [-0.4, -0.2) is 69.0 Å². The molecular weight excluding hydrogens is 408 g/mol. The first kappa shape index (κ1) is 20.6. The quantitative estimate of drug-likeness (QED) is 0.606. The van der Waals surface area contributed by atoms with E-state index in [2.05, 4.69) is 20.2 Å². The van der Waals surface area contributed by atoms with E-state index in [4.69, 9.17) is 9.47 Å². The Hall–Kier alpha value is -3.30. The maximum atomic E-state index is 12.6. The summed E-state index contributed by atoms with van der Waals surface area (Å²) in [5.74, 6) is 0.891. The first-order valence-electron chi connectivity index (χ1n) is 10.8. The van der Waals surface area contributed by atoms with E-state index in [1.54, 1.807) is 31.6 Å². The maximum absolute atomic E-state index is 12.6. The van der Waals surface area contributed by atoms with Gasteiger partial charge in [0.2, 0.25) is 0 Å². The van der Waals surface area contributed by atoms with Crippen molar-refractivity contribution in [2.45, 2.75) is 25.8 Å². The zero-order valence-electron chi connectivity index (χ0n) is 18.1. The average molecular weight is 435 g/mol. The number of carbonyl (C=O) groups excluding carboxylic acids is 1. The van der Waals surface area contributed by atoms with Crippen LogP contribution in [0.5, 0.6) is 5.75 Å². The number of hydrogen-bond acceptors (Lipinski definition) is 7.